The van der Waals surface area contributed by atoms with Crippen LogP contribution in [0.4, 0.5) is 4.39 Å². The summed E-state index contributed by atoms with van der Waals surface area (Å²) in [6, 6.07) is 6.72. The maximum Gasteiger partial charge on any atom is 0.255 e. The third-order valence-electron chi connectivity index (χ3n) is 9.80. The number of carbonyl (C=O) groups excluding carboxylic acids is 3. The first-order chi connectivity index (χ1) is 20.9. The molecule has 2 aromatic carbocycles. The minimum Gasteiger partial charge on any atom is -0.508 e. The molecule has 1 heterocycles. The van der Waals surface area contributed by atoms with Gasteiger partial charge in [0.25, 0.3) is 5.91 Å². The highest BCUT2D eigenvalue weighted by molar-refractivity contribution is 6.24. The van der Waals surface area contributed by atoms with Crippen LogP contribution in [0.15, 0.2) is 47.2 Å². The Kier molecular flexibility index (Phi) is 7.38. The van der Waals surface area contributed by atoms with Crippen LogP contribution in [0.2, 0.25) is 0 Å². The molecule has 4 aliphatic rings. The fourth-order valence-corrected chi connectivity index (χ4v) is 7.74. The van der Waals surface area contributed by atoms with Gasteiger partial charge in [0.2, 0.25) is 5.78 Å². The van der Waals surface area contributed by atoms with Crippen molar-refractivity contribution in [2.45, 2.75) is 50.3 Å². The minimum absolute atomic E-state index is 0.000644. The van der Waals surface area contributed by atoms with Crippen LogP contribution in [-0.4, -0.2) is 86.5 Å². The Hall–Kier alpha value is -4.06. The van der Waals surface area contributed by atoms with Gasteiger partial charge in [-0.1, -0.05) is 18.6 Å². The van der Waals surface area contributed by atoms with Crippen LogP contribution in [0.25, 0.3) is 16.9 Å². The monoisotopic (exact) mass is 605 g/mol. The number of aliphatic hydroxyl groups is 3. The number of aliphatic hydroxyl groups excluding tert-OH is 2. The molecule has 3 aliphatic carbocycles. The summed E-state index contributed by atoms with van der Waals surface area (Å²) in [4.78, 5) is 43.2. The second kappa shape index (κ2) is 10.8. The highest BCUT2D eigenvalue weighted by Gasteiger charge is 2.64. The summed E-state index contributed by atoms with van der Waals surface area (Å²) in [7, 11) is 3.11. The van der Waals surface area contributed by atoms with Gasteiger partial charge in [-0.15, -0.1) is 0 Å². The van der Waals surface area contributed by atoms with Crippen molar-refractivity contribution in [3.05, 3.63) is 69.7 Å². The van der Waals surface area contributed by atoms with Crippen LogP contribution in [-0.2, 0) is 27.3 Å². The molecule has 10 nitrogen and oxygen atoms in total. The summed E-state index contributed by atoms with van der Waals surface area (Å²) in [6.07, 6.45) is 3.43. The van der Waals surface area contributed by atoms with Crippen LogP contribution in [0.1, 0.15) is 42.4 Å². The third-order valence-corrected chi connectivity index (χ3v) is 9.80. The van der Waals surface area contributed by atoms with Crippen LogP contribution in [0.5, 0.6) is 5.75 Å². The summed E-state index contributed by atoms with van der Waals surface area (Å²) in [6.45, 7) is 2.24. The molecular formula is C33H36FN3O7. The van der Waals surface area contributed by atoms with Crippen molar-refractivity contribution in [1.82, 2.24) is 9.80 Å². The zero-order chi connectivity index (χ0) is 31.7. The second-order valence-electron chi connectivity index (χ2n) is 12.6. The van der Waals surface area contributed by atoms with Gasteiger partial charge in [0.15, 0.2) is 11.4 Å². The molecule has 0 aromatic heterocycles. The molecule has 11 heteroatoms. The van der Waals surface area contributed by atoms with Crippen molar-refractivity contribution in [2.24, 2.45) is 17.6 Å². The molecule has 0 spiro atoms. The number of hydrogen-bond acceptors (Lipinski definition) is 9. The third kappa shape index (κ3) is 4.44. The van der Waals surface area contributed by atoms with E-state index < -0.39 is 58.0 Å². The van der Waals surface area contributed by atoms with Gasteiger partial charge in [-0.2, -0.15) is 0 Å². The normalized spacial score (nSPS) is 27.3. The number of piperidine rings is 1. The molecule has 6 rings (SSSR count). The lowest BCUT2D eigenvalue weighted by Crippen LogP contribution is -2.65. The molecule has 0 bridgehead atoms. The number of carbonyl (C=O) groups is 3. The standard InChI is InChI=1S/C33H36FN3O7/c1-36(2)27-21-14-17-13-20-19(16-6-8-22(34)18(12-16)15-37-10-4-3-5-11-37)7-9-23(38)25(20)28(39)24(17)30(41)33(21,44)31(42)26(29(27)40)32(35)43/h6-9,12,17,21,27,38-39,42,44H,3-5,10-11,13-15H2,1-2H3,(H2,35,43)/t17?,21?,27-,33-/m0/s1. The van der Waals surface area contributed by atoms with Gasteiger partial charge in [0.05, 0.1) is 11.6 Å². The van der Waals surface area contributed by atoms with E-state index in [4.69, 9.17) is 5.73 Å². The molecule has 1 amide bonds. The number of halogens is 1. The molecule has 6 N–H and O–H groups in total. The zero-order valence-corrected chi connectivity index (χ0v) is 24.6. The highest BCUT2D eigenvalue weighted by atomic mass is 19.1. The molecule has 1 saturated carbocycles. The van der Waals surface area contributed by atoms with Crippen molar-refractivity contribution in [3.63, 3.8) is 0 Å². The smallest absolute Gasteiger partial charge is 0.255 e. The molecule has 1 aliphatic heterocycles. The van der Waals surface area contributed by atoms with Crippen LogP contribution >= 0.6 is 0 Å². The Balaban J connectivity index is 1.47. The van der Waals surface area contributed by atoms with Gasteiger partial charge >= 0.3 is 0 Å². The molecule has 232 valence electrons. The quantitative estimate of drug-likeness (QED) is 0.322. The first-order valence-electron chi connectivity index (χ1n) is 14.9. The van der Waals surface area contributed by atoms with Gasteiger partial charge in [0.1, 0.15) is 28.7 Å². The van der Waals surface area contributed by atoms with Gasteiger partial charge < -0.3 is 26.2 Å². The van der Waals surface area contributed by atoms with Crippen LogP contribution in [0.3, 0.4) is 0 Å². The second-order valence-corrected chi connectivity index (χ2v) is 12.6. The van der Waals surface area contributed by atoms with E-state index in [1.54, 1.807) is 32.3 Å². The maximum absolute atomic E-state index is 14.9. The Morgan fingerprint density at radius 3 is 2.45 bits per heavy atom. The van der Waals surface area contributed by atoms with Crippen molar-refractivity contribution < 1.29 is 39.2 Å². The van der Waals surface area contributed by atoms with E-state index in [2.05, 4.69) is 4.90 Å². The molecule has 4 atom stereocenters. The van der Waals surface area contributed by atoms with Gasteiger partial charge in [-0.25, -0.2) is 4.39 Å². The molecule has 1 saturated heterocycles. The molecule has 2 aromatic rings. The van der Waals surface area contributed by atoms with E-state index >= 15 is 0 Å². The number of Topliss-reactive ketones (excluding diaryl/α,β-unsaturated/α-hetero) is 2. The summed E-state index contributed by atoms with van der Waals surface area (Å²) in [5.41, 5.74) is 4.00. The predicted octanol–water partition coefficient (Wildman–Crippen LogP) is 2.76. The summed E-state index contributed by atoms with van der Waals surface area (Å²) in [5, 5.41) is 45.2. The van der Waals surface area contributed by atoms with Crippen molar-refractivity contribution in [1.29, 1.82) is 0 Å². The number of phenolic OH excluding ortho intramolecular Hbond substituents is 1. The summed E-state index contributed by atoms with van der Waals surface area (Å²) in [5.74, 6) is -7.32. The fraction of sp³-hybridized carbons (Fsp3) is 0.424. The number of nitrogens with zero attached hydrogens (tertiary/aromatic N) is 2. The van der Waals surface area contributed by atoms with Crippen LogP contribution < -0.4 is 5.73 Å². The molecule has 2 unspecified atom stereocenters. The number of likely N-dealkylation sites (tertiary alicyclic amines) is 1. The van der Waals surface area contributed by atoms with E-state index in [1.807, 2.05) is 0 Å². The number of nitrogens with two attached hydrogens (primary N) is 1. The first kappa shape index (κ1) is 30.0. The lowest BCUT2D eigenvalue weighted by Gasteiger charge is -2.50. The highest BCUT2D eigenvalue weighted by Crippen LogP contribution is 2.53. The number of aromatic hydroxyl groups is 1. The number of benzene rings is 2. The SMILES string of the molecule is CN(C)[C@@H]1C(=O)C(C(N)=O)=C(O)[C@@]2(O)C(=O)C3=C(O)c4c(O)ccc(-c5ccc(F)c(CN6CCCCC6)c5)c4CC3CC12. The molecule has 44 heavy (non-hydrogen) atoms. The van der Waals surface area contributed by atoms with E-state index in [9.17, 15) is 39.2 Å². The first-order valence-corrected chi connectivity index (χ1v) is 14.9. The van der Waals surface area contributed by atoms with E-state index in [0.717, 1.165) is 32.4 Å². The van der Waals surface area contributed by atoms with E-state index in [-0.39, 0.29) is 35.5 Å². The summed E-state index contributed by atoms with van der Waals surface area (Å²) >= 11 is 0. The average Bonchev–Trinajstić information content (AvgIpc) is 2.96. The lowest BCUT2D eigenvalue weighted by atomic mass is 9.57. The summed E-state index contributed by atoms with van der Waals surface area (Å²) < 4.78 is 14.9. The van der Waals surface area contributed by atoms with Gasteiger partial charge in [-0.05, 0) is 93.7 Å². The molecule has 2 fully saturated rings. The lowest BCUT2D eigenvalue weighted by molar-refractivity contribution is -0.153. The number of ketones is 2. The van der Waals surface area contributed by atoms with E-state index in [1.165, 1.54) is 17.0 Å². The Bertz CT molecular complexity index is 1660. The van der Waals surface area contributed by atoms with Crippen molar-refractivity contribution in [2.75, 3.05) is 27.2 Å². The van der Waals surface area contributed by atoms with Gasteiger partial charge in [-0.3, -0.25) is 24.2 Å². The Morgan fingerprint density at radius 2 is 1.80 bits per heavy atom. The van der Waals surface area contributed by atoms with Crippen molar-refractivity contribution in [3.8, 4) is 16.9 Å². The van der Waals surface area contributed by atoms with E-state index in [0.29, 0.717) is 28.8 Å². The van der Waals surface area contributed by atoms with Crippen molar-refractivity contribution >= 4 is 23.2 Å². The molecule has 0 radical (unpaired) electrons. The number of fused-ring (bicyclic) bond motifs is 3. The number of hydrogen-bond donors (Lipinski definition) is 5. The zero-order valence-electron chi connectivity index (χ0n) is 24.6. The van der Waals surface area contributed by atoms with Crippen LogP contribution in [0, 0.1) is 17.7 Å². The minimum atomic E-state index is -2.70. The topological polar surface area (TPSA) is 165 Å². The predicted molar refractivity (Wildman–Crippen MR) is 159 cm³/mol. The maximum atomic E-state index is 14.9. The number of phenols is 1. The van der Waals surface area contributed by atoms with Gasteiger partial charge in [0, 0.05) is 23.6 Å². The number of rotatable bonds is 5. The number of likely N-dealkylation sites (N-methyl/N-ethyl adjacent to an activating group) is 1. The average molecular weight is 606 g/mol. The number of primary amides is 1. The largest absolute Gasteiger partial charge is 0.508 e. The Labute approximate surface area is 253 Å². The number of amides is 1. The Morgan fingerprint density at radius 1 is 1.09 bits per heavy atom. The fourth-order valence-electron chi connectivity index (χ4n) is 7.74. The molecular weight excluding hydrogens is 569 g/mol.